The van der Waals surface area contributed by atoms with Gasteiger partial charge in [-0.3, -0.25) is 9.80 Å². The highest BCUT2D eigenvalue weighted by Gasteiger charge is 2.25. The predicted octanol–water partition coefficient (Wildman–Crippen LogP) is 1.76. The number of hydrogen-bond acceptors (Lipinski definition) is 6. The monoisotopic (exact) mass is 418 g/mol. The first-order valence-corrected chi connectivity index (χ1v) is 12.0. The summed E-state index contributed by atoms with van der Waals surface area (Å²) in [6.07, 6.45) is 4.42. The minimum Gasteiger partial charge on any atom is -0.303 e. The summed E-state index contributed by atoms with van der Waals surface area (Å²) in [5, 5.41) is 4.88. The molecule has 1 aliphatic heterocycles. The van der Waals surface area contributed by atoms with Crippen molar-refractivity contribution in [3.63, 3.8) is 0 Å². The van der Waals surface area contributed by atoms with Crippen LogP contribution >= 0.6 is 12.2 Å². The number of aromatic nitrogens is 3. The SMILES string of the molecule is CCCCn1c(C(CC)N(C)C)nn(CN2CCN(S(C)(=O)=O)CC2)c1=S. The number of rotatable bonds is 9. The molecule has 0 aromatic carbocycles. The van der Waals surface area contributed by atoms with Crippen molar-refractivity contribution in [2.24, 2.45) is 0 Å². The Morgan fingerprint density at radius 3 is 2.30 bits per heavy atom. The molecule has 2 heterocycles. The van der Waals surface area contributed by atoms with E-state index in [1.54, 1.807) is 0 Å². The first-order chi connectivity index (χ1) is 12.7. The van der Waals surface area contributed by atoms with Crippen LogP contribution in [0.4, 0.5) is 0 Å². The van der Waals surface area contributed by atoms with Gasteiger partial charge in [-0.15, -0.1) is 0 Å². The lowest BCUT2D eigenvalue weighted by Crippen LogP contribution is -2.48. The summed E-state index contributed by atoms with van der Waals surface area (Å²) in [5.74, 6) is 1.02. The maximum atomic E-state index is 11.7. The van der Waals surface area contributed by atoms with Gasteiger partial charge in [0.1, 0.15) is 5.82 Å². The lowest BCUT2D eigenvalue weighted by Gasteiger charge is -2.32. The minimum atomic E-state index is -3.11. The second kappa shape index (κ2) is 9.60. The standard InChI is InChI=1S/C17H34N6O2S2/c1-6-8-9-22-16(15(7-2)19(3)4)18-23(17(22)26)14-20-10-12-21(13-11-20)27(5,24)25/h15H,6-14H2,1-5H3. The molecule has 1 aromatic heterocycles. The number of hydrogen-bond donors (Lipinski definition) is 0. The maximum absolute atomic E-state index is 11.7. The van der Waals surface area contributed by atoms with Crippen LogP contribution < -0.4 is 0 Å². The van der Waals surface area contributed by atoms with Gasteiger partial charge in [-0.25, -0.2) is 13.1 Å². The Balaban J connectivity index is 2.20. The molecular formula is C17H34N6O2S2. The molecule has 0 saturated carbocycles. The van der Waals surface area contributed by atoms with Crippen molar-refractivity contribution < 1.29 is 8.42 Å². The molecular weight excluding hydrogens is 384 g/mol. The normalized spacial score (nSPS) is 18.3. The summed E-state index contributed by atoms with van der Waals surface area (Å²) in [6, 6.07) is 0.229. The van der Waals surface area contributed by atoms with Crippen LogP contribution in [-0.2, 0) is 23.2 Å². The highest BCUT2D eigenvalue weighted by atomic mass is 32.2. The van der Waals surface area contributed by atoms with Crippen molar-refractivity contribution >= 4 is 22.2 Å². The molecule has 0 spiro atoms. The predicted molar refractivity (Wildman–Crippen MR) is 111 cm³/mol. The molecule has 2 rings (SSSR count). The Labute approximate surface area is 168 Å². The zero-order chi connectivity index (χ0) is 20.2. The summed E-state index contributed by atoms with van der Waals surface area (Å²) >= 11 is 5.74. The summed E-state index contributed by atoms with van der Waals surface area (Å²) in [6.45, 7) is 8.26. The lowest BCUT2D eigenvalue weighted by molar-refractivity contribution is 0.144. The van der Waals surface area contributed by atoms with E-state index in [0.717, 1.165) is 36.4 Å². The van der Waals surface area contributed by atoms with Gasteiger partial charge >= 0.3 is 0 Å². The second-order valence-electron chi connectivity index (χ2n) is 7.45. The third-order valence-electron chi connectivity index (χ3n) is 5.13. The topological polar surface area (TPSA) is 66.6 Å². The van der Waals surface area contributed by atoms with Gasteiger partial charge in [0.15, 0.2) is 4.77 Å². The fourth-order valence-corrected chi connectivity index (χ4v) is 4.60. The molecule has 1 atom stereocenters. The molecule has 156 valence electrons. The van der Waals surface area contributed by atoms with Gasteiger partial charge in [0.2, 0.25) is 10.0 Å². The van der Waals surface area contributed by atoms with Gasteiger partial charge in [0.05, 0.1) is 19.0 Å². The van der Waals surface area contributed by atoms with E-state index in [9.17, 15) is 8.42 Å². The number of piperazine rings is 1. The van der Waals surface area contributed by atoms with Crippen LogP contribution in [0.15, 0.2) is 0 Å². The van der Waals surface area contributed by atoms with Crippen LogP contribution in [-0.4, -0.2) is 83.4 Å². The number of unbranched alkanes of at least 4 members (excludes halogenated alkanes) is 1. The minimum absolute atomic E-state index is 0.229. The van der Waals surface area contributed by atoms with E-state index in [1.165, 1.54) is 10.6 Å². The number of nitrogens with zero attached hydrogens (tertiary/aromatic N) is 6. The molecule has 1 aromatic rings. The number of sulfonamides is 1. The highest BCUT2D eigenvalue weighted by Crippen LogP contribution is 2.21. The van der Waals surface area contributed by atoms with E-state index in [-0.39, 0.29) is 6.04 Å². The van der Waals surface area contributed by atoms with Gasteiger partial charge in [-0.05, 0) is 39.2 Å². The van der Waals surface area contributed by atoms with Gasteiger partial charge in [0.25, 0.3) is 0 Å². The molecule has 27 heavy (non-hydrogen) atoms. The lowest BCUT2D eigenvalue weighted by atomic mass is 10.2. The largest absolute Gasteiger partial charge is 0.303 e. The molecule has 0 aliphatic carbocycles. The fraction of sp³-hybridized carbons (Fsp3) is 0.882. The van der Waals surface area contributed by atoms with E-state index in [0.29, 0.717) is 32.8 Å². The van der Waals surface area contributed by atoms with Crippen LogP contribution in [0.1, 0.15) is 45.0 Å². The fourth-order valence-electron chi connectivity index (χ4n) is 3.49. The highest BCUT2D eigenvalue weighted by molar-refractivity contribution is 7.88. The Morgan fingerprint density at radius 2 is 1.81 bits per heavy atom. The third kappa shape index (κ3) is 5.60. The van der Waals surface area contributed by atoms with E-state index >= 15 is 0 Å². The van der Waals surface area contributed by atoms with Gasteiger partial charge in [0, 0.05) is 32.7 Å². The maximum Gasteiger partial charge on any atom is 0.211 e. The molecule has 0 amide bonds. The molecule has 1 saturated heterocycles. The zero-order valence-corrected chi connectivity index (χ0v) is 18.9. The molecule has 0 radical (unpaired) electrons. The molecule has 1 aliphatic rings. The Bertz CT molecular complexity index is 763. The first kappa shape index (κ1) is 22.5. The van der Waals surface area contributed by atoms with Crippen LogP contribution in [0.2, 0.25) is 0 Å². The van der Waals surface area contributed by atoms with Gasteiger partial charge in [-0.2, -0.15) is 9.40 Å². The second-order valence-corrected chi connectivity index (χ2v) is 9.80. The van der Waals surface area contributed by atoms with E-state index < -0.39 is 10.0 Å². The molecule has 1 fully saturated rings. The summed E-state index contributed by atoms with van der Waals surface area (Å²) in [7, 11) is 1.04. The molecule has 10 heteroatoms. The molecule has 0 bridgehead atoms. The molecule has 8 nitrogen and oxygen atoms in total. The van der Waals surface area contributed by atoms with Crippen molar-refractivity contribution in [2.45, 2.75) is 52.4 Å². The van der Waals surface area contributed by atoms with E-state index in [2.05, 4.69) is 42.3 Å². The molecule has 0 N–H and O–H groups in total. The van der Waals surface area contributed by atoms with Crippen molar-refractivity contribution in [3.8, 4) is 0 Å². The van der Waals surface area contributed by atoms with Gasteiger partial charge in [-0.1, -0.05) is 20.3 Å². The summed E-state index contributed by atoms with van der Waals surface area (Å²) in [4.78, 5) is 4.41. The van der Waals surface area contributed by atoms with Crippen molar-refractivity contribution in [3.05, 3.63) is 10.6 Å². The third-order valence-corrected chi connectivity index (χ3v) is 6.86. The van der Waals surface area contributed by atoms with Crippen molar-refractivity contribution in [2.75, 3.05) is 46.5 Å². The average molecular weight is 419 g/mol. The smallest absolute Gasteiger partial charge is 0.211 e. The van der Waals surface area contributed by atoms with Crippen LogP contribution in [0.5, 0.6) is 0 Å². The van der Waals surface area contributed by atoms with Crippen LogP contribution in [0.3, 0.4) is 0 Å². The first-order valence-electron chi connectivity index (χ1n) is 9.70. The zero-order valence-electron chi connectivity index (χ0n) is 17.3. The quantitative estimate of drug-likeness (QED) is 0.570. The Kier molecular flexibility index (Phi) is 7.99. The average Bonchev–Trinajstić information content (AvgIpc) is 2.89. The Hall–Kier alpha value is -0.810. The summed E-state index contributed by atoms with van der Waals surface area (Å²) in [5.41, 5.74) is 0. The van der Waals surface area contributed by atoms with Crippen molar-refractivity contribution in [1.82, 2.24) is 28.5 Å². The van der Waals surface area contributed by atoms with Gasteiger partial charge < -0.3 is 4.57 Å². The van der Waals surface area contributed by atoms with Crippen molar-refractivity contribution in [1.29, 1.82) is 0 Å². The molecule has 1 unspecified atom stereocenters. The van der Waals surface area contributed by atoms with E-state index in [1.807, 2.05) is 4.68 Å². The van der Waals surface area contributed by atoms with E-state index in [4.69, 9.17) is 17.3 Å². The Morgan fingerprint density at radius 1 is 1.19 bits per heavy atom. The summed E-state index contributed by atoms with van der Waals surface area (Å²) < 4.78 is 29.8. The van der Waals surface area contributed by atoms with Crippen LogP contribution in [0.25, 0.3) is 0 Å². The van der Waals surface area contributed by atoms with Crippen LogP contribution in [0, 0.1) is 4.77 Å².